The van der Waals surface area contributed by atoms with E-state index in [2.05, 4.69) is 10.3 Å². The van der Waals surface area contributed by atoms with Crippen LogP contribution in [-0.4, -0.2) is 28.7 Å². The fourth-order valence-corrected chi connectivity index (χ4v) is 1.43. The summed E-state index contributed by atoms with van der Waals surface area (Å²) in [5.74, 6) is 0.823. The third kappa shape index (κ3) is 2.82. The molecule has 17 heavy (non-hydrogen) atoms. The van der Waals surface area contributed by atoms with Crippen LogP contribution in [0.4, 0.5) is 0 Å². The van der Waals surface area contributed by atoms with Crippen LogP contribution in [0.5, 0.6) is 5.75 Å². The maximum Gasteiger partial charge on any atom is 0.119 e. The van der Waals surface area contributed by atoms with Crippen molar-refractivity contribution in [3.63, 3.8) is 0 Å². The lowest BCUT2D eigenvalue weighted by molar-refractivity contribution is 0.131. The van der Waals surface area contributed by atoms with E-state index in [1.807, 2.05) is 37.4 Å². The fourth-order valence-electron chi connectivity index (χ4n) is 1.43. The Bertz CT molecular complexity index is 465. The maximum absolute atomic E-state index is 5.27. The van der Waals surface area contributed by atoms with Gasteiger partial charge in [0.25, 0.3) is 0 Å². The van der Waals surface area contributed by atoms with Crippen molar-refractivity contribution in [3.05, 3.63) is 36.2 Å². The maximum atomic E-state index is 5.27. The molecule has 0 aliphatic rings. The summed E-state index contributed by atoms with van der Waals surface area (Å²) in [6, 6.07) is 7.63. The van der Waals surface area contributed by atoms with Crippen LogP contribution in [0.1, 0.15) is 12.6 Å². The number of ether oxygens (including phenoxy) is 2. The topological polar surface area (TPSA) is 49.2 Å². The summed E-state index contributed by atoms with van der Waals surface area (Å²) >= 11 is 0. The van der Waals surface area contributed by atoms with Gasteiger partial charge in [0.2, 0.25) is 0 Å². The van der Waals surface area contributed by atoms with Crippen LogP contribution in [0.25, 0.3) is 5.69 Å². The normalized spacial score (nSPS) is 10.5. The Labute approximate surface area is 100.0 Å². The Morgan fingerprint density at radius 3 is 2.65 bits per heavy atom. The summed E-state index contributed by atoms with van der Waals surface area (Å²) in [5.41, 5.74) is 1.77. The van der Waals surface area contributed by atoms with Crippen molar-refractivity contribution < 1.29 is 9.47 Å². The zero-order valence-electron chi connectivity index (χ0n) is 9.96. The first-order valence-corrected chi connectivity index (χ1v) is 5.47. The first-order valence-electron chi connectivity index (χ1n) is 5.47. The zero-order chi connectivity index (χ0) is 12.1. The van der Waals surface area contributed by atoms with Crippen molar-refractivity contribution >= 4 is 0 Å². The number of benzene rings is 1. The van der Waals surface area contributed by atoms with E-state index in [0.29, 0.717) is 13.2 Å². The van der Waals surface area contributed by atoms with Gasteiger partial charge in [0.1, 0.15) is 11.4 Å². The lowest BCUT2D eigenvalue weighted by Crippen LogP contribution is -1.94. The monoisotopic (exact) mass is 233 g/mol. The molecule has 1 aromatic carbocycles. The Hall–Kier alpha value is -1.88. The number of hydrogen-bond donors (Lipinski definition) is 0. The first-order chi connectivity index (χ1) is 8.33. The van der Waals surface area contributed by atoms with Crippen molar-refractivity contribution in [3.8, 4) is 11.4 Å². The van der Waals surface area contributed by atoms with E-state index >= 15 is 0 Å². The number of rotatable bonds is 5. The summed E-state index contributed by atoms with van der Waals surface area (Å²) in [6.45, 7) is 3.12. The van der Waals surface area contributed by atoms with Crippen molar-refractivity contribution in [2.75, 3.05) is 13.7 Å². The van der Waals surface area contributed by atoms with Crippen LogP contribution in [0.2, 0.25) is 0 Å². The molecule has 5 heteroatoms. The number of aromatic nitrogens is 3. The Morgan fingerprint density at radius 1 is 1.24 bits per heavy atom. The Balaban J connectivity index is 2.12. The summed E-state index contributed by atoms with van der Waals surface area (Å²) in [6.07, 6.45) is 1.86. The van der Waals surface area contributed by atoms with Crippen LogP contribution in [0.3, 0.4) is 0 Å². The van der Waals surface area contributed by atoms with Crippen LogP contribution in [-0.2, 0) is 11.3 Å². The number of nitrogens with zero attached hydrogens (tertiary/aromatic N) is 3. The van der Waals surface area contributed by atoms with Gasteiger partial charge in [-0.2, -0.15) is 0 Å². The molecule has 1 heterocycles. The van der Waals surface area contributed by atoms with Gasteiger partial charge in [-0.15, -0.1) is 5.10 Å². The molecule has 0 amide bonds. The van der Waals surface area contributed by atoms with Crippen molar-refractivity contribution in [1.29, 1.82) is 0 Å². The lowest BCUT2D eigenvalue weighted by Gasteiger charge is -2.02. The molecule has 0 N–H and O–H groups in total. The second kappa shape index (κ2) is 5.45. The van der Waals surface area contributed by atoms with Gasteiger partial charge in [0, 0.05) is 6.61 Å². The second-order valence-electron chi connectivity index (χ2n) is 3.49. The van der Waals surface area contributed by atoms with Crippen LogP contribution in [0.15, 0.2) is 30.5 Å². The SMILES string of the molecule is CCOCc1cn(-c2ccc(OC)cc2)nn1. The lowest BCUT2D eigenvalue weighted by atomic mass is 10.3. The Kier molecular flexibility index (Phi) is 3.72. The van der Waals surface area contributed by atoms with Crippen LogP contribution < -0.4 is 4.74 Å². The van der Waals surface area contributed by atoms with Gasteiger partial charge >= 0.3 is 0 Å². The molecule has 5 nitrogen and oxygen atoms in total. The highest BCUT2D eigenvalue weighted by atomic mass is 16.5. The summed E-state index contributed by atoms with van der Waals surface area (Å²) in [4.78, 5) is 0. The molecule has 0 unspecified atom stereocenters. The van der Waals surface area contributed by atoms with Crippen molar-refractivity contribution in [1.82, 2.24) is 15.0 Å². The molecular weight excluding hydrogens is 218 g/mol. The largest absolute Gasteiger partial charge is 0.497 e. The molecular formula is C12H15N3O2. The summed E-state index contributed by atoms with van der Waals surface area (Å²) < 4.78 is 12.1. The molecule has 0 radical (unpaired) electrons. The Morgan fingerprint density at radius 2 is 2.00 bits per heavy atom. The molecule has 0 bridgehead atoms. The van der Waals surface area contributed by atoms with Gasteiger partial charge in [-0.25, -0.2) is 4.68 Å². The predicted octanol–water partition coefficient (Wildman–Crippen LogP) is 1.81. The molecule has 0 aliphatic heterocycles. The quantitative estimate of drug-likeness (QED) is 0.790. The highest BCUT2D eigenvalue weighted by Gasteiger charge is 2.02. The van der Waals surface area contributed by atoms with E-state index in [9.17, 15) is 0 Å². The smallest absolute Gasteiger partial charge is 0.119 e. The van der Waals surface area contributed by atoms with Gasteiger partial charge in [-0.05, 0) is 31.2 Å². The van der Waals surface area contributed by atoms with Gasteiger partial charge in [0.15, 0.2) is 0 Å². The predicted molar refractivity (Wildman–Crippen MR) is 63.2 cm³/mol. The van der Waals surface area contributed by atoms with E-state index in [4.69, 9.17) is 9.47 Å². The van der Waals surface area contributed by atoms with E-state index in [1.165, 1.54) is 0 Å². The third-order valence-electron chi connectivity index (χ3n) is 2.33. The van der Waals surface area contributed by atoms with Gasteiger partial charge < -0.3 is 9.47 Å². The zero-order valence-corrected chi connectivity index (χ0v) is 9.96. The minimum atomic E-state index is 0.493. The van der Waals surface area contributed by atoms with Gasteiger partial charge in [0.05, 0.1) is 25.6 Å². The molecule has 0 fully saturated rings. The van der Waals surface area contributed by atoms with Gasteiger partial charge in [-0.3, -0.25) is 0 Å². The first kappa shape index (κ1) is 11.6. The minimum absolute atomic E-state index is 0.493. The van der Waals surface area contributed by atoms with E-state index in [-0.39, 0.29) is 0 Å². The minimum Gasteiger partial charge on any atom is -0.497 e. The van der Waals surface area contributed by atoms with E-state index < -0.39 is 0 Å². The molecule has 0 saturated carbocycles. The second-order valence-corrected chi connectivity index (χ2v) is 3.49. The average molecular weight is 233 g/mol. The van der Waals surface area contributed by atoms with Crippen molar-refractivity contribution in [2.45, 2.75) is 13.5 Å². The molecule has 2 aromatic rings. The molecule has 1 aromatic heterocycles. The van der Waals surface area contributed by atoms with Crippen LogP contribution in [0, 0.1) is 0 Å². The summed E-state index contributed by atoms with van der Waals surface area (Å²) in [5, 5.41) is 8.07. The van der Waals surface area contributed by atoms with Crippen LogP contribution >= 0.6 is 0 Å². The third-order valence-corrected chi connectivity index (χ3v) is 2.33. The molecule has 2 rings (SSSR count). The molecule has 0 saturated heterocycles. The molecule has 0 atom stereocenters. The van der Waals surface area contributed by atoms with Gasteiger partial charge in [-0.1, -0.05) is 5.21 Å². The van der Waals surface area contributed by atoms with E-state index in [1.54, 1.807) is 11.8 Å². The molecule has 0 aliphatic carbocycles. The number of hydrogen-bond acceptors (Lipinski definition) is 4. The van der Waals surface area contributed by atoms with E-state index in [0.717, 1.165) is 17.1 Å². The highest BCUT2D eigenvalue weighted by Crippen LogP contribution is 2.14. The number of methoxy groups -OCH3 is 1. The fraction of sp³-hybridized carbons (Fsp3) is 0.333. The van der Waals surface area contributed by atoms with Crippen molar-refractivity contribution in [2.24, 2.45) is 0 Å². The average Bonchev–Trinajstić information content (AvgIpc) is 2.85. The summed E-state index contributed by atoms with van der Waals surface area (Å²) in [7, 11) is 1.64. The molecule has 90 valence electrons. The standard InChI is InChI=1S/C12H15N3O2/c1-3-17-9-10-8-15(14-13-10)11-4-6-12(16-2)7-5-11/h4-8H,3,9H2,1-2H3. The highest BCUT2D eigenvalue weighted by molar-refractivity contribution is 5.36. The molecule has 0 spiro atoms.